The highest BCUT2D eigenvalue weighted by Crippen LogP contribution is 2.45. The summed E-state index contributed by atoms with van der Waals surface area (Å²) in [6.45, 7) is 0.411. The van der Waals surface area contributed by atoms with E-state index in [-0.39, 0.29) is 0 Å². The molecule has 1 aromatic carbocycles. The summed E-state index contributed by atoms with van der Waals surface area (Å²) < 4.78 is 16.1. The average molecular weight is 291 g/mol. The fourth-order valence-electron chi connectivity index (χ4n) is 3.09. The van der Waals surface area contributed by atoms with E-state index >= 15 is 0 Å². The first kappa shape index (κ1) is 15.5. The molecule has 0 aromatic heterocycles. The van der Waals surface area contributed by atoms with Gasteiger partial charge in [0.2, 0.25) is 6.08 Å². The molecule has 0 heterocycles. The van der Waals surface area contributed by atoms with E-state index in [1.807, 2.05) is 12.1 Å². The second-order valence-electron chi connectivity index (χ2n) is 5.25. The van der Waals surface area contributed by atoms with Gasteiger partial charge in [-0.25, -0.2) is 4.79 Å². The van der Waals surface area contributed by atoms with Crippen molar-refractivity contribution in [1.29, 1.82) is 0 Å². The predicted molar refractivity (Wildman–Crippen MR) is 78.5 cm³/mol. The van der Waals surface area contributed by atoms with E-state index in [9.17, 15) is 4.79 Å². The van der Waals surface area contributed by atoms with Gasteiger partial charge in [0.15, 0.2) is 11.5 Å². The zero-order chi connectivity index (χ0) is 15.3. The van der Waals surface area contributed by atoms with Gasteiger partial charge in [0.05, 0.1) is 26.4 Å². The zero-order valence-corrected chi connectivity index (χ0v) is 12.8. The molecule has 1 aromatic rings. The number of hydrogen-bond donors (Lipinski definition) is 0. The molecule has 0 N–H and O–H groups in total. The standard InChI is InChI=1S/C16H21NO4/c1-19-10-12-8-13(9-14(20-2)15(12)21-3)16(17-11-18)6-4-5-7-16/h8-9H,4-7,10H2,1-3H3. The first-order valence-corrected chi connectivity index (χ1v) is 7.04. The van der Waals surface area contributed by atoms with Gasteiger partial charge in [-0.2, -0.15) is 4.99 Å². The fourth-order valence-corrected chi connectivity index (χ4v) is 3.09. The van der Waals surface area contributed by atoms with Crippen molar-refractivity contribution in [3.63, 3.8) is 0 Å². The van der Waals surface area contributed by atoms with Crippen molar-refractivity contribution >= 4 is 6.08 Å². The smallest absolute Gasteiger partial charge is 0.235 e. The van der Waals surface area contributed by atoms with Crippen LogP contribution in [-0.4, -0.2) is 27.4 Å². The van der Waals surface area contributed by atoms with Crippen LogP contribution in [0.1, 0.15) is 36.8 Å². The van der Waals surface area contributed by atoms with Crippen molar-refractivity contribution in [2.24, 2.45) is 4.99 Å². The summed E-state index contributed by atoms with van der Waals surface area (Å²) in [6.07, 6.45) is 5.55. The molecule has 0 saturated heterocycles. The molecule has 1 aliphatic carbocycles. The molecule has 5 nitrogen and oxygen atoms in total. The van der Waals surface area contributed by atoms with Crippen LogP contribution in [0.5, 0.6) is 11.5 Å². The van der Waals surface area contributed by atoms with Gasteiger partial charge in [0.1, 0.15) is 0 Å². The zero-order valence-electron chi connectivity index (χ0n) is 12.8. The first-order chi connectivity index (χ1) is 10.2. The van der Waals surface area contributed by atoms with Gasteiger partial charge in [-0.05, 0) is 30.5 Å². The Bertz CT molecular complexity index is 543. The van der Waals surface area contributed by atoms with Crippen LogP contribution in [0, 0.1) is 0 Å². The van der Waals surface area contributed by atoms with E-state index in [0.717, 1.165) is 36.8 Å². The Balaban J connectivity index is 2.57. The van der Waals surface area contributed by atoms with E-state index in [1.165, 1.54) is 0 Å². The van der Waals surface area contributed by atoms with E-state index in [2.05, 4.69) is 4.99 Å². The molecule has 2 rings (SSSR count). The minimum atomic E-state index is -0.482. The van der Waals surface area contributed by atoms with E-state index < -0.39 is 5.54 Å². The Morgan fingerprint density at radius 2 is 1.90 bits per heavy atom. The molecule has 0 unspecified atom stereocenters. The molecule has 0 amide bonds. The Labute approximate surface area is 124 Å². The van der Waals surface area contributed by atoms with Gasteiger partial charge < -0.3 is 14.2 Å². The maximum Gasteiger partial charge on any atom is 0.235 e. The summed E-state index contributed by atoms with van der Waals surface area (Å²) >= 11 is 0. The van der Waals surface area contributed by atoms with Crippen molar-refractivity contribution in [1.82, 2.24) is 0 Å². The molecule has 0 bridgehead atoms. The summed E-state index contributed by atoms with van der Waals surface area (Å²) in [4.78, 5) is 15.0. The number of aliphatic imine (C=N–C) groups is 1. The lowest BCUT2D eigenvalue weighted by Crippen LogP contribution is -2.19. The third-order valence-electron chi connectivity index (χ3n) is 4.08. The quantitative estimate of drug-likeness (QED) is 0.597. The van der Waals surface area contributed by atoms with Crippen molar-refractivity contribution in [3.8, 4) is 11.5 Å². The van der Waals surface area contributed by atoms with E-state index in [0.29, 0.717) is 18.1 Å². The highest BCUT2D eigenvalue weighted by Gasteiger charge is 2.37. The van der Waals surface area contributed by atoms with Crippen LogP contribution in [0.3, 0.4) is 0 Å². The van der Waals surface area contributed by atoms with E-state index in [4.69, 9.17) is 14.2 Å². The molecule has 1 saturated carbocycles. The molecule has 0 aliphatic heterocycles. The summed E-state index contributed by atoms with van der Waals surface area (Å²) in [7, 11) is 4.83. The number of rotatable bonds is 6. The Morgan fingerprint density at radius 1 is 1.19 bits per heavy atom. The van der Waals surface area contributed by atoms with Crippen LogP contribution in [0.2, 0.25) is 0 Å². The van der Waals surface area contributed by atoms with Crippen LogP contribution >= 0.6 is 0 Å². The number of nitrogens with zero attached hydrogens (tertiary/aromatic N) is 1. The number of isocyanates is 1. The molecule has 21 heavy (non-hydrogen) atoms. The summed E-state index contributed by atoms with van der Waals surface area (Å²) in [5.41, 5.74) is 1.37. The topological polar surface area (TPSA) is 57.1 Å². The number of ether oxygens (including phenoxy) is 3. The molecule has 5 heteroatoms. The molecule has 114 valence electrons. The summed E-state index contributed by atoms with van der Waals surface area (Å²) in [6, 6.07) is 3.90. The molecule has 1 fully saturated rings. The maximum absolute atomic E-state index is 10.9. The van der Waals surface area contributed by atoms with Gasteiger partial charge in [0, 0.05) is 12.7 Å². The lowest BCUT2D eigenvalue weighted by Gasteiger charge is -2.25. The Morgan fingerprint density at radius 3 is 2.43 bits per heavy atom. The molecule has 0 radical (unpaired) electrons. The third kappa shape index (κ3) is 2.94. The fraction of sp³-hybridized carbons (Fsp3) is 0.562. The van der Waals surface area contributed by atoms with Gasteiger partial charge in [-0.1, -0.05) is 12.8 Å². The van der Waals surface area contributed by atoms with Crippen molar-refractivity contribution in [2.45, 2.75) is 37.8 Å². The normalized spacial score (nSPS) is 16.3. The second kappa shape index (κ2) is 6.74. The minimum absolute atomic E-state index is 0.411. The van der Waals surface area contributed by atoms with Crippen molar-refractivity contribution < 1.29 is 19.0 Å². The van der Waals surface area contributed by atoms with Gasteiger partial charge in [-0.3, -0.25) is 0 Å². The molecular formula is C16H21NO4. The summed E-state index contributed by atoms with van der Waals surface area (Å²) in [5.74, 6) is 1.29. The lowest BCUT2D eigenvalue weighted by molar-refractivity contribution is 0.180. The molecule has 1 aliphatic rings. The van der Waals surface area contributed by atoms with Gasteiger partial charge >= 0.3 is 0 Å². The highest BCUT2D eigenvalue weighted by molar-refractivity contribution is 5.52. The SMILES string of the molecule is COCc1cc(C2(N=C=O)CCCC2)cc(OC)c1OC. The first-order valence-electron chi connectivity index (χ1n) is 7.04. The van der Waals surface area contributed by atoms with Gasteiger partial charge in [-0.15, -0.1) is 0 Å². The van der Waals surface area contributed by atoms with Crippen LogP contribution in [0.25, 0.3) is 0 Å². The number of benzene rings is 1. The Kier molecular flexibility index (Phi) is 4.99. The monoisotopic (exact) mass is 291 g/mol. The molecular weight excluding hydrogens is 270 g/mol. The lowest BCUT2D eigenvalue weighted by atomic mass is 9.87. The molecule has 0 atom stereocenters. The third-order valence-corrected chi connectivity index (χ3v) is 4.08. The van der Waals surface area contributed by atoms with E-state index in [1.54, 1.807) is 27.4 Å². The van der Waals surface area contributed by atoms with Crippen LogP contribution in [0.15, 0.2) is 17.1 Å². The van der Waals surface area contributed by atoms with Gasteiger partial charge in [0.25, 0.3) is 0 Å². The highest BCUT2D eigenvalue weighted by atomic mass is 16.5. The van der Waals surface area contributed by atoms with Crippen LogP contribution < -0.4 is 9.47 Å². The number of methoxy groups -OCH3 is 3. The molecule has 0 spiro atoms. The second-order valence-corrected chi connectivity index (χ2v) is 5.25. The van der Waals surface area contributed by atoms with Crippen LogP contribution in [-0.2, 0) is 21.7 Å². The Hall–Kier alpha value is -1.84. The number of hydrogen-bond acceptors (Lipinski definition) is 5. The summed E-state index contributed by atoms with van der Waals surface area (Å²) in [5, 5.41) is 0. The predicted octanol–water partition coefficient (Wildman–Crippen LogP) is 2.96. The van der Waals surface area contributed by atoms with Crippen molar-refractivity contribution in [3.05, 3.63) is 23.3 Å². The maximum atomic E-state index is 10.9. The largest absolute Gasteiger partial charge is 0.493 e. The van der Waals surface area contributed by atoms with Crippen LogP contribution in [0.4, 0.5) is 0 Å². The van der Waals surface area contributed by atoms with Crippen molar-refractivity contribution in [2.75, 3.05) is 21.3 Å². The number of carbonyl (C=O) groups excluding carboxylic acids is 1. The minimum Gasteiger partial charge on any atom is -0.493 e. The average Bonchev–Trinajstić information content (AvgIpc) is 2.97.